The number of rotatable bonds is 6. The third-order valence-corrected chi connectivity index (χ3v) is 3.39. The summed E-state index contributed by atoms with van der Waals surface area (Å²) in [5.41, 5.74) is 0.400. The minimum absolute atomic E-state index is 0.0794. The molecule has 1 heterocycles. The van der Waals surface area contributed by atoms with E-state index in [0.29, 0.717) is 17.9 Å². The van der Waals surface area contributed by atoms with Crippen LogP contribution in [0.25, 0.3) is 6.08 Å². The molecular weight excluding hydrogens is 310 g/mol. The summed E-state index contributed by atoms with van der Waals surface area (Å²) in [7, 11) is 0. The molecule has 114 valence electrons. The number of thioether (sulfide) groups is 1. The van der Waals surface area contributed by atoms with Crippen molar-refractivity contribution in [1.82, 2.24) is 10.2 Å². The van der Waals surface area contributed by atoms with Gasteiger partial charge in [0.15, 0.2) is 0 Å². The molecule has 8 nitrogen and oxygen atoms in total. The van der Waals surface area contributed by atoms with Gasteiger partial charge >= 0.3 is 0 Å². The molecule has 0 aliphatic rings. The van der Waals surface area contributed by atoms with Crippen molar-refractivity contribution < 1.29 is 19.2 Å². The second-order valence-electron chi connectivity index (χ2n) is 4.06. The number of aliphatic carboxylic acids is 1. The molecule has 9 heteroatoms. The van der Waals surface area contributed by atoms with Crippen LogP contribution in [0, 0.1) is 10.1 Å². The van der Waals surface area contributed by atoms with Gasteiger partial charge in [-0.05, 0) is 35.5 Å². The fourth-order valence-corrected chi connectivity index (χ4v) is 2.18. The van der Waals surface area contributed by atoms with Gasteiger partial charge in [-0.1, -0.05) is 6.92 Å². The Morgan fingerprint density at radius 2 is 2.05 bits per heavy atom. The molecule has 2 aromatic rings. The molecule has 0 spiro atoms. The molecule has 0 atom stereocenters. The fourth-order valence-electron chi connectivity index (χ4n) is 1.49. The maximum absolute atomic E-state index is 11.2. The number of carbonyl (C=O) groups is 1. The van der Waals surface area contributed by atoms with Crippen LogP contribution in [0.1, 0.15) is 18.4 Å². The molecule has 0 saturated heterocycles. The number of nitrogens with zero attached hydrogens (tertiary/aromatic N) is 3. The van der Waals surface area contributed by atoms with Crippen LogP contribution in [0.4, 0.5) is 5.69 Å². The summed E-state index contributed by atoms with van der Waals surface area (Å²) in [5, 5.41) is 29.3. The smallest absolute Gasteiger partial charge is 0.281 e. The first-order chi connectivity index (χ1) is 10.5. The van der Waals surface area contributed by atoms with E-state index in [-0.39, 0.29) is 15.8 Å². The zero-order valence-corrected chi connectivity index (χ0v) is 12.2. The van der Waals surface area contributed by atoms with Crippen LogP contribution in [0.15, 0.2) is 38.8 Å². The average molecular weight is 320 g/mol. The Hall–Kier alpha value is -2.68. The standard InChI is InChI=1S/C13H11N3O5S/c1-2-11-14-15-13(21-11)22-10(12(17)18)7-8-3-5-9(6-4-8)16(19)20/h3-7H,2H2,1H3,(H,17,18)/p-1/b10-7+. The van der Waals surface area contributed by atoms with E-state index in [2.05, 4.69) is 10.2 Å². The van der Waals surface area contributed by atoms with E-state index in [0.717, 1.165) is 11.8 Å². The van der Waals surface area contributed by atoms with Gasteiger partial charge in [0.1, 0.15) is 0 Å². The molecule has 1 aromatic heterocycles. The van der Waals surface area contributed by atoms with E-state index >= 15 is 0 Å². The molecule has 1 aromatic carbocycles. The van der Waals surface area contributed by atoms with Crippen LogP contribution in [-0.2, 0) is 11.2 Å². The Morgan fingerprint density at radius 1 is 1.36 bits per heavy atom. The maximum Gasteiger partial charge on any atom is 0.281 e. The van der Waals surface area contributed by atoms with Gasteiger partial charge in [-0.15, -0.1) is 10.2 Å². The summed E-state index contributed by atoms with van der Waals surface area (Å²) in [4.78, 5) is 21.1. The lowest BCUT2D eigenvalue weighted by atomic mass is 10.2. The number of nitro groups is 1. The summed E-state index contributed by atoms with van der Waals surface area (Å²) in [6, 6.07) is 5.44. The van der Waals surface area contributed by atoms with E-state index in [1.54, 1.807) is 0 Å². The number of hydrogen-bond donors (Lipinski definition) is 0. The van der Waals surface area contributed by atoms with Gasteiger partial charge in [0.25, 0.3) is 10.9 Å². The number of non-ortho nitro benzene ring substituents is 1. The number of nitro benzene ring substituents is 1. The van der Waals surface area contributed by atoms with Crippen LogP contribution in [0.5, 0.6) is 0 Å². The first-order valence-electron chi connectivity index (χ1n) is 6.17. The van der Waals surface area contributed by atoms with Crippen molar-refractivity contribution in [3.8, 4) is 0 Å². The molecular formula is C13H10N3O5S-. The van der Waals surface area contributed by atoms with Crippen LogP contribution < -0.4 is 5.11 Å². The Balaban J connectivity index is 2.22. The molecule has 0 aliphatic heterocycles. The Labute approximate surface area is 129 Å². The van der Waals surface area contributed by atoms with E-state index in [9.17, 15) is 20.0 Å². The monoisotopic (exact) mass is 320 g/mol. The van der Waals surface area contributed by atoms with Crippen molar-refractivity contribution in [2.75, 3.05) is 0 Å². The van der Waals surface area contributed by atoms with Crippen LogP contribution in [0.2, 0.25) is 0 Å². The van der Waals surface area contributed by atoms with Gasteiger partial charge in [0.05, 0.1) is 10.9 Å². The summed E-state index contributed by atoms with van der Waals surface area (Å²) < 4.78 is 5.22. The highest BCUT2D eigenvalue weighted by atomic mass is 32.2. The lowest BCUT2D eigenvalue weighted by molar-refractivity contribution is -0.384. The quantitative estimate of drug-likeness (QED) is 0.339. The van der Waals surface area contributed by atoms with Gasteiger partial charge in [0.2, 0.25) is 5.89 Å². The molecule has 0 N–H and O–H groups in total. The van der Waals surface area contributed by atoms with Crippen molar-refractivity contribution in [2.24, 2.45) is 0 Å². The molecule has 0 fully saturated rings. The zero-order chi connectivity index (χ0) is 16.1. The average Bonchev–Trinajstić information content (AvgIpc) is 2.94. The lowest BCUT2D eigenvalue weighted by Crippen LogP contribution is -2.23. The van der Waals surface area contributed by atoms with Crippen molar-refractivity contribution >= 4 is 29.5 Å². The van der Waals surface area contributed by atoms with Gasteiger partial charge in [-0.25, -0.2) is 0 Å². The van der Waals surface area contributed by atoms with E-state index < -0.39 is 10.9 Å². The molecule has 0 amide bonds. The highest BCUT2D eigenvalue weighted by Crippen LogP contribution is 2.27. The zero-order valence-electron chi connectivity index (χ0n) is 11.4. The summed E-state index contributed by atoms with van der Waals surface area (Å²) in [6.07, 6.45) is 1.86. The fraction of sp³-hybridized carbons (Fsp3) is 0.154. The Morgan fingerprint density at radius 3 is 2.55 bits per heavy atom. The highest BCUT2D eigenvalue weighted by Gasteiger charge is 2.10. The first kappa shape index (κ1) is 15.7. The summed E-state index contributed by atoms with van der Waals surface area (Å²) in [6.45, 7) is 1.83. The van der Waals surface area contributed by atoms with Crippen molar-refractivity contribution in [2.45, 2.75) is 18.6 Å². The second kappa shape index (κ2) is 6.85. The molecule has 2 rings (SSSR count). The first-order valence-corrected chi connectivity index (χ1v) is 6.99. The molecule has 0 bridgehead atoms. The molecule has 0 aliphatic carbocycles. The van der Waals surface area contributed by atoms with E-state index in [4.69, 9.17) is 4.42 Å². The van der Waals surface area contributed by atoms with Crippen molar-refractivity contribution in [3.05, 3.63) is 50.7 Å². The minimum atomic E-state index is -1.40. The van der Waals surface area contributed by atoms with Crippen LogP contribution >= 0.6 is 11.8 Å². The number of aromatic nitrogens is 2. The molecule has 0 radical (unpaired) electrons. The number of aryl methyl sites for hydroxylation is 1. The Bertz CT molecular complexity index is 724. The van der Waals surface area contributed by atoms with E-state index in [1.807, 2.05) is 6.92 Å². The number of hydrogen-bond acceptors (Lipinski definition) is 8. The second-order valence-corrected chi connectivity index (χ2v) is 5.06. The number of carboxylic acid groups (broad SMARTS) is 1. The maximum atomic E-state index is 11.2. The van der Waals surface area contributed by atoms with Gasteiger partial charge in [-0.2, -0.15) is 0 Å². The predicted octanol–water partition coefficient (Wildman–Crippen LogP) is 1.42. The largest absolute Gasteiger partial charge is 0.544 e. The lowest BCUT2D eigenvalue weighted by Gasteiger charge is -2.05. The topological polar surface area (TPSA) is 122 Å². The molecule has 22 heavy (non-hydrogen) atoms. The van der Waals surface area contributed by atoms with Gasteiger partial charge < -0.3 is 14.3 Å². The molecule has 0 saturated carbocycles. The summed E-state index contributed by atoms with van der Waals surface area (Å²) >= 11 is 0.763. The third-order valence-electron chi connectivity index (χ3n) is 2.55. The van der Waals surface area contributed by atoms with E-state index in [1.165, 1.54) is 30.3 Å². The van der Waals surface area contributed by atoms with Crippen molar-refractivity contribution in [3.63, 3.8) is 0 Å². The Kier molecular flexibility index (Phi) is 4.89. The normalized spacial score (nSPS) is 11.4. The van der Waals surface area contributed by atoms with Gasteiger partial charge in [-0.3, -0.25) is 10.1 Å². The third kappa shape index (κ3) is 3.92. The summed E-state index contributed by atoms with van der Waals surface area (Å²) in [5.74, 6) is -1.00. The molecule has 0 unspecified atom stereocenters. The number of benzene rings is 1. The SMILES string of the molecule is CCc1nnc(S/C(=C/c2ccc([N+](=O)[O-])cc2)C(=O)[O-])o1. The number of carbonyl (C=O) groups excluding carboxylic acids is 1. The number of carboxylic acids is 1. The van der Waals surface area contributed by atoms with Crippen LogP contribution in [0.3, 0.4) is 0 Å². The van der Waals surface area contributed by atoms with Gasteiger partial charge in [0, 0.05) is 23.5 Å². The van der Waals surface area contributed by atoms with Crippen molar-refractivity contribution in [1.29, 1.82) is 0 Å². The minimum Gasteiger partial charge on any atom is -0.544 e. The highest BCUT2D eigenvalue weighted by molar-refractivity contribution is 8.03. The predicted molar refractivity (Wildman–Crippen MR) is 75.6 cm³/mol. The van der Waals surface area contributed by atoms with Crippen LogP contribution in [-0.4, -0.2) is 21.1 Å².